The van der Waals surface area contributed by atoms with E-state index in [1.807, 2.05) is 24.3 Å². The molecule has 1 unspecified atom stereocenters. The summed E-state index contributed by atoms with van der Waals surface area (Å²) < 4.78 is 7.34. The molecule has 0 saturated carbocycles. The molecule has 4 nitrogen and oxygen atoms in total. The largest absolute Gasteiger partial charge is 0.465 e. The van der Waals surface area contributed by atoms with Gasteiger partial charge in [-0.05, 0) is 43.0 Å². The number of nitrogens with one attached hydrogen (secondary N) is 1. The quantitative estimate of drug-likeness (QED) is 0.499. The molecule has 3 rings (SSSR count). The van der Waals surface area contributed by atoms with Gasteiger partial charge >= 0.3 is 5.97 Å². The first kappa shape index (κ1) is 22.8. The highest BCUT2D eigenvalue weighted by atomic mass is 16.5. The molecular weight excluding hydrogens is 384 g/mol. The zero-order valence-corrected chi connectivity index (χ0v) is 19.2. The maximum atomic E-state index is 12.2. The summed E-state index contributed by atoms with van der Waals surface area (Å²) in [6.45, 7) is 10.3. The minimum atomic E-state index is -0.262. The highest BCUT2D eigenvalue weighted by Gasteiger charge is 2.19. The lowest BCUT2D eigenvalue weighted by atomic mass is 10.1. The van der Waals surface area contributed by atoms with Crippen molar-refractivity contribution in [2.45, 2.75) is 46.8 Å². The van der Waals surface area contributed by atoms with Crippen LogP contribution in [0.5, 0.6) is 0 Å². The van der Waals surface area contributed by atoms with E-state index >= 15 is 0 Å². The lowest BCUT2D eigenvalue weighted by Gasteiger charge is -2.22. The second kappa shape index (κ2) is 11.0. The van der Waals surface area contributed by atoms with Gasteiger partial charge in [-0.3, -0.25) is 0 Å². The maximum absolute atomic E-state index is 12.2. The number of carbonyl (C=O) groups excluding carboxylic acids is 1. The molecule has 0 aliphatic rings. The van der Waals surface area contributed by atoms with Crippen molar-refractivity contribution in [1.82, 2.24) is 4.57 Å². The van der Waals surface area contributed by atoms with E-state index in [1.165, 1.54) is 28.8 Å². The summed E-state index contributed by atoms with van der Waals surface area (Å²) in [6, 6.07) is 20.9. The Balaban J connectivity index is 1.79. The Kier molecular flexibility index (Phi) is 8.07. The molecule has 0 aliphatic heterocycles. The second-order valence-corrected chi connectivity index (χ2v) is 8.80. The number of hydrogen-bond acceptors (Lipinski definition) is 2. The van der Waals surface area contributed by atoms with Crippen LogP contribution in [0, 0.1) is 12.8 Å². The number of aromatic nitrogens is 1. The summed E-state index contributed by atoms with van der Waals surface area (Å²) in [7, 11) is 1.44. The first-order valence-electron chi connectivity index (χ1n) is 11.2. The first-order valence-corrected chi connectivity index (χ1v) is 11.2. The number of esters is 1. The molecular formula is C27H35N2O2+. The van der Waals surface area contributed by atoms with E-state index in [0.717, 1.165) is 38.2 Å². The van der Waals surface area contributed by atoms with Gasteiger partial charge in [-0.1, -0.05) is 61.9 Å². The number of nitrogens with zero attached hydrogens (tertiary/aromatic N) is 1. The zero-order valence-electron chi connectivity index (χ0n) is 19.2. The molecule has 4 heteroatoms. The van der Waals surface area contributed by atoms with Crippen molar-refractivity contribution < 1.29 is 14.4 Å². The Morgan fingerprint density at radius 2 is 1.74 bits per heavy atom. The SMILES string of the molecule is COC(=O)c1ccccc1C[NH+](CCC(C)C)Cc1cccn1Cc1ccc(C)cc1. The van der Waals surface area contributed by atoms with Gasteiger partial charge in [0.1, 0.15) is 13.1 Å². The number of quaternary nitrogens is 1. The Morgan fingerprint density at radius 1 is 1.00 bits per heavy atom. The van der Waals surface area contributed by atoms with Crippen LogP contribution in [0.1, 0.15) is 53.0 Å². The monoisotopic (exact) mass is 419 g/mol. The summed E-state index contributed by atoms with van der Waals surface area (Å²) in [5, 5.41) is 0. The Bertz CT molecular complexity index is 973. The number of ether oxygens (including phenoxy) is 1. The molecule has 3 aromatic rings. The predicted octanol–water partition coefficient (Wildman–Crippen LogP) is 4.26. The van der Waals surface area contributed by atoms with E-state index < -0.39 is 0 Å². The van der Waals surface area contributed by atoms with Crippen LogP contribution in [-0.2, 0) is 24.4 Å². The minimum Gasteiger partial charge on any atom is -0.465 e. The lowest BCUT2D eigenvalue weighted by molar-refractivity contribution is -0.928. The third kappa shape index (κ3) is 6.56. The molecule has 0 spiro atoms. The van der Waals surface area contributed by atoms with Gasteiger partial charge in [-0.2, -0.15) is 0 Å². The van der Waals surface area contributed by atoms with Crippen LogP contribution < -0.4 is 4.90 Å². The summed E-state index contributed by atoms with van der Waals surface area (Å²) >= 11 is 0. The van der Waals surface area contributed by atoms with E-state index in [4.69, 9.17) is 4.74 Å². The molecule has 2 aromatic carbocycles. The number of carbonyl (C=O) groups is 1. The van der Waals surface area contributed by atoms with Crippen LogP contribution >= 0.6 is 0 Å². The average Bonchev–Trinajstić information content (AvgIpc) is 3.20. The van der Waals surface area contributed by atoms with E-state index in [9.17, 15) is 4.79 Å². The van der Waals surface area contributed by atoms with Crippen molar-refractivity contribution in [3.8, 4) is 0 Å². The summed E-state index contributed by atoms with van der Waals surface area (Å²) in [5.41, 5.74) is 5.62. The van der Waals surface area contributed by atoms with E-state index in [2.05, 4.69) is 67.9 Å². The highest BCUT2D eigenvalue weighted by molar-refractivity contribution is 5.90. The van der Waals surface area contributed by atoms with Crippen molar-refractivity contribution in [3.63, 3.8) is 0 Å². The van der Waals surface area contributed by atoms with Crippen LogP contribution in [0.4, 0.5) is 0 Å². The molecule has 0 fully saturated rings. The molecule has 1 atom stereocenters. The Morgan fingerprint density at radius 3 is 2.45 bits per heavy atom. The van der Waals surface area contributed by atoms with Gasteiger partial charge in [0.05, 0.1) is 24.9 Å². The van der Waals surface area contributed by atoms with Crippen molar-refractivity contribution >= 4 is 5.97 Å². The molecule has 1 N–H and O–H groups in total. The van der Waals surface area contributed by atoms with Crippen molar-refractivity contribution in [1.29, 1.82) is 0 Å². The molecule has 0 amide bonds. The molecule has 1 aromatic heterocycles. The number of hydrogen-bond donors (Lipinski definition) is 1. The first-order chi connectivity index (χ1) is 15.0. The predicted molar refractivity (Wildman–Crippen MR) is 125 cm³/mol. The number of rotatable bonds is 10. The lowest BCUT2D eigenvalue weighted by Crippen LogP contribution is -3.09. The zero-order chi connectivity index (χ0) is 22.2. The number of benzene rings is 2. The fourth-order valence-electron chi connectivity index (χ4n) is 3.90. The summed E-state index contributed by atoms with van der Waals surface area (Å²) in [6.07, 6.45) is 3.31. The second-order valence-electron chi connectivity index (χ2n) is 8.80. The van der Waals surface area contributed by atoms with Crippen LogP contribution in [0.15, 0.2) is 66.9 Å². The minimum absolute atomic E-state index is 0.262. The van der Waals surface area contributed by atoms with Crippen LogP contribution in [0.2, 0.25) is 0 Å². The number of aryl methyl sites for hydroxylation is 1. The third-order valence-corrected chi connectivity index (χ3v) is 5.77. The molecule has 0 aliphatic carbocycles. The van der Waals surface area contributed by atoms with Gasteiger partial charge in [0.25, 0.3) is 0 Å². The van der Waals surface area contributed by atoms with Gasteiger partial charge in [-0.25, -0.2) is 4.79 Å². The molecule has 1 heterocycles. The van der Waals surface area contributed by atoms with E-state index in [1.54, 1.807) is 0 Å². The van der Waals surface area contributed by atoms with Gasteiger partial charge in [0, 0.05) is 18.3 Å². The van der Waals surface area contributed by atoms with E-state index in [0.29, 0.717) is 11.5 Å². The van der Waals surface area contributed by atoms with Crippen molar-refractivity contribution in [2.24, 2.45) is 5.92 Å². The van der Waals surface area contributed by atoms with Gasteiger partial charge in [0.2, 0.25) is 0 Å². The third-order valence-electron chi connectivity index (χ3n) is 5.77. The van der Waals surface area contributed by atoms with Crippen molar-refractivity contribution in [2.75, 3.05) is 13.7 Å². The van der Waals surface area contributed by atoms with Gasteiger partial charge < -0.3 is 14.2 Å². The number of methoxy groups -OCH3 is 1. The molecule has 164 valence electrons. The van der Waals surface area contributed by atoms with Crippen molar-refractivity contribution in [3.05, 3.63) is 94.8 Å². The summed E-state index contributed by atoms with van der Waals surface area (Å²) in [5.74, 6) is 0.381. The van der Waals surface area contributed by atoms with Crippen LogP contribution in [-0.4, -0.2) is 24.2 Å². The molecule has 0 bridgehead atoms. The van der Waals surface area contributed by atoms with Gasteiger partial charge in [0.15, 0.2) is 0 Å². The fourth-order valence-corrected chi connectivity index (χ4v) is 3.90. The normalized spacial score (nSPS) is 12.2. The topological polar surface area (TPSA) is 35.7 Å². The van der Waals surface area contributed by atoms with Crippen LogP contribution in [0.25, 0.3) is 0 Å². The molecule has 31 heavy (non-hydrogen) atoms. The van der Waals surface area contributed by atoms with Crippen LogP contribution in [0.3, 0.4) is 0 Å². The highest BCUT2D eigenvalue weighted by Crippen LogP contribution is 2.11. The molecule has 0 saturated heterocycles. The maximum Gasteiger partial charge on any atom is 0.338 e. The van der Waals surface area contributed by atoms with E-state index in [-0.39, 0.29) is 5.97 Å². The Labute approximate surface area is 186 Å². The fraction of sp³-hybridized carbons (Fsp3) is 0.370. The summed E-state index contributed by atoms with van der Waals surface area (Å²) in [4.78, 5) is 13.7. The Hall–Kier alpha value is -2.85. The standard InChI is InChI=1S/C27H34N2O2/c1-21(2)15-17-28(19-24-8-5-6-10-26(24)27(30)31-4)20-25-9-7-16-29(25)18-23-13-11-22(3)12-14-23/h5-14,16,21H,15,17-20H2,1-4H3/p+1. The van der Waals surface area contributed by atoms with Gasteiger partial charge in [-0.15, -0.1) is 0 Å². The smallest absolute Gasteiger partial charge is 0.338 e. The average molecular weight is 420 g/mol. The molecule has 0 radical (unpaired) electrons.